The lowest BCUT2D eigenvalue weighted by Gasteiger charge is -2.07. The lowest BCUT2D eigenvalue weighted by molar-refractivity contribution is 0.104. The van der Waals surface area contributed by atoms with E-state index in [4.69, 9.17) is 0 Å². The molecule has 0 atom stereocenters. The van der Waals surface area contributed by atoms with Crippen molar-refractivity contribution in [3.05, 3.63) is 83.9 Å². The van der Waals surface area contributed by atoms with Gasteiger partial charge in [0, 0.05) is 11.1 Å². The van der Waals surface area contributed by atoms with E-state index in [0.29, 0.717) is 0 Å². The highest BCUT2D eigenvalue weighted by atomic mass is 16.1. The van der Waals surface area contributed by atoms with Crippen molar-refractivity contribution >= 4 is 5.78 Å². The Labute approximate surface area is 117 Å². The van der Waals surface area contributed by atoms with E-state index in [1.165, 1.54) is 0 Å². The molecule has 0 fully saturated rings. The third kappa shape index (κ3) is 1.47. The number of ketones is 1. The smallest absolute Gasteiger partial charge is 0.194 e. The van der Waals surface area contributed by atoms with Crippen molar-refractivity contribution in [2.24, 2.45) is 0 Å². The van der Waals surface area contributed by atoms with Crippen LogP contribution in [0.15, 0.2) is 72.8 Å². The largest absolute Gasteiger partial charge is 0.289 e. The second-order valence-electron chi connectivity index (χ2n) is 4.97. The van der Waals surface area contributed by atoms with Gasteiger partial charge in [-0.25, -0.2) is 0 Å². The molecule has 3 aromatic rings. The van der Waals surface area contributed by atoms with E-state index >= 15 is 0 Å². The number of benzene rings is 3. The van der Waals surface area contributed by atoms with Crippen LogP contribution in [0, 0.1) is 0 Å². The van der Waals surface area contributed by atoms with Crippen molar-refractivity contribution < 1.29 is 4.79 Å². The second kappa shape index (κ2) is 4.17. The van der Waals surface area contributed by atoms with Gasteiger partial charge < -0.3 is 0 Å². The van der Waals surface area contributed by atoms with Gasteiger partial charge in [0.25, 0.3) is 0 Å². The van der Waals surface area contributed by atoms with Gasteiger partial charge in [-0.15, -0.1) is 0 Å². The first-order valence-electron chi connectivity index (χ1n) is 6.69. The van der Waals surface area contributed by atoms with E-state index in [-0.39, 0.29) is 5.78 Å². The monoisotopic (exact) mass is 256 g/mol. The minimum absolute atomic E-state index is 0.134. The van der Waals surface area contributed by atoms with Crippen LogP contribution in [0.1, 0.15) is 15.9 Å². The summed E-state index contributed by atoms with van der Waals surface area (Å²) in [7, 11) is 0. The predicted molar refractivity (Wildman–Crippen MR) is 80.7 cm³/mol. The third-order valence-electron chi connectivity index (χ3n) is 3.84. The Morgan fingerprint density at radius 3 is 1.90 bits per heavy atom. The highest BCUT2D eigenvalue weighted by Gasteiger charge is 2.28. The van der Waals surface area contributed by atoms with Crippen LogP contribution < -0.4 is 0 Å². The van der Waals surface area contributed by atoms with Gasteiger partial charge in [0.2, 0.25) is 0 Å². The minimum atomic E-state index is 0.134. The lowest BCUT2D eigenvalue weighted by Crippen LogP contribution is -1.97. The standard InChI is InChI=1S/C19H12O/c20-19-17-10-5-4-9-15(17)16-12-6-11-14(18(16)19)13-7-2-1-3-8-13/h1-12H. The van der Waals surface area contributed by atoms with Crippen molar-refractivity contribution in [1.29, 1.82) is 0 Å². The fraction of sp³-hybridized carbons (Fsp3) is 0. The highest BCUT2D eigenvalue weighted by molar-refractivity contribution is 6.24. The second-order valence-corrected chi connectivity index (χ2v) is 4.97. The molecule has 1 nitrogen and oxygen atoms in total. The minimum Gasteiger partial charge on any atom is -0.289 e. The number of fused-ring (bicyclic) bond motifs is 3. The van der Waals surface area contributed by atoms with Crippen molar-refractivity contribution in [3.8, 4) is 22.3 Å². The van der Waals surface area contributed by atoms with Crippen molar-refractivity contribution in [1.82, 2.24) is 0 Å². The molecule has 0 aromatic heterocycles. The van der Waals surface area contributed by atoms with Crippen LogP contribution in [0.5, 0.6) is 0 Å². The summed E-state index contributed by atoms with van der Waals surface area (Å²) in [5.74, 6) is 0.134. The summed E-state index contributed by atoms with van der Waals surface area (Å²) in [4.78, 5) is 12.7. The van der Waals surface area contributed by atoms with Crippen LogP contribution in [0.3, 0.4) is 0 Å². The molecule has 0 spiro atoms. The quantitative estimate of drug-likeness (QED) is 0.487. The zero-order valence-corrected chi connectivity index (χ0v) is 10.8. The Balaban J connectivity index is 2.03. The molecule has 20 heavy (non-hydrogen) atoms. The summed E-state index contributed by atoms with van der Waals surface area (Å²) < 4.78 is 0. The Bertz CT molecular complexity index is 816. The van der Waals surface area contributed by atoms with Gasteiger partial charge in [0.15, 0.2) is 5.78 Å². The van der Waals surface area contributed by atoms with Gasteiger partial charge in [0.1, 0.15) is 0 Å². The van der Waals surface area contributed by atoms with E-state index in [9.17, 15) is 4.79 Å². The molecule has 1 heteroatoms. The molecule has 0 unspecified atom stereocenters. The van der Waals surface area contributed by atoms with Gasteiger partial charge in [-0.3, -0.25) is 4.79 Å². The highest BCUT2D eigenvalue weighted by Crippen LogP contribution is 2.41. The first-order chi connectivity index (χ1) is 9.86. The molecule has 0 aliphatic heterocycles. The summed E-state index contributed by atoms with van der Waals surface area (Å²) in [6.45, 7) is 0. The van der Waals surface area contributed by atoms with E-state index < -0.39 is 0 Å². The third-order valence-corrected chi connectivity index (χ3v) is 3.84. The van der Waals surface area contributed by atoms with Crippen LogP contribution in [-0.2, 0) is 0 Å². The maximum absolute atomic E-state index is 12.7. The lowest BCUT2D eigenvalue weighted by atomic mass is 9.95. The SMILES string of the molecule is O=C1c2ccccc2-c2cccc(-c3ccccc3)c21. The van der Waals surface area contributed by atoms with Gasteiger partial charge in [-0.1, -0.05) is 72.8 Å². The Morgan fingerprint density at radius 1 is 0.500 bits per heavy atom. The molecule has 94 valence electrons. The molecular weight excluding hydrogens is 244 g/mol. The molecule has 0 amide bonds. The molecule has 1 aliphatic rings. The van der Waals surface area contributed by atoms with Gasteiger partial charge in [0.05, 0.1) is 0 Å². The molecule has 0 N–H and O–H groups in total. The molecule has 3 aromatic carbocycles. The van der Waals surface area contributed by atoms with Crippen LogP contribution in [0.2, 0.25) is 0 Å². The van der Waals surface area contributed by atoms with Crippen molar-refractivity contribution in [2.45, 2.75) is 0 Å². The van der Waals surface area contributed by atoms with Crippen molar-refractivity contribution in [2.75, 3.05) is 0 Å². The topological polar surface area (TPSA) is 17.1 Å². The zero-order chi connectivity index (χ0) is 13.5. The fourth-order valence-corrected chi connectivity index (χ4v) is 2.93. The van der Waals surface area contributed by atoms with Gasteiger partial charge in [-0.2, -0.15) is 0 Å². The molecule has 0 radical (unpaired) electrons. The van der Waals surface area contributed by atoms with Crippen LogP contribution in [0.25, 0.3) is 22.3 Å². The van der Waals surface area contributed by atoms with Gasteiger partial charge in [-0.05, 0) is 22.3 Å². The average molecular weight is 256 g/mol. The fourth-order valence-electron chi connectivity index (χ4n) is 2.93. The number of rotatable bonds is 1. The van der Waals surface area contributed by atoms with Gasteiger partial charge >= 0.3 is 0 Å². The van der Waals surface area contributed by atoms with Crippen LogP contribution in [-0.4, -0.2) is 5.78 Å². The first-order valence-corrected chi connectivity index (χ1v) is 6.69. The molecule has 0 saturated carbocycles. The maximum Gasteiger partial charge on any atom is 0.194 e. The summed E-state index contributed by atoms with van der Waals surface area (Å²) in [5, 5.41) is 0. The number of hydrogen-bond donors (Lipinski definition) is 0. The van der Waals surface area contributed by atoms with E-state index in [1.807, 2.05) is 72.8 Å². The molecule has 0 saturated heterocycles. The Hall–Kier alpha value is -2.67. The maximum atomic E-state index is 12.7. The summed E-state index contributed by atoms with van der Waals surface area (Å²) >= 11 is 0. The summed E-state index contributed by atoms with van der Waals surface area (Å²) in [5.41, 5.74) is 5.85. The van der Waals surface area contributed by atoms with E-state index in [2.05, 4.69) is 0 Å². The van der Waals surface area contributed by atoms with Crippen molar-refractivity contribution in [3.63, 3.8) is 0 Å². The Kier molecular flexibility index (Phi) is 2.33. The first kappa shape index (κ1) is 11.2. The Morgan fingerprint density at radius 2 is 1.10 bits per heavy atom. The van der Waals surface area contributed by atoms with Crippen LogP contribution >= 0.6 is 0 Å². The summed E-state index contributed by atoms with van der Waals surface area (Å²) in [6, 6.07) is 24.0. The van der Waals surface area contributed by atoms with E-state index in [0.717, 1.165) is 33.4 Å². The number of carbonyl (C=O) groups is 1. The average Bonchev–Trinajstić information content (AvgIpc) is 2.82. The number of hydrogen-bond acceptors (Lipinski definition) is 1. The molecular formula is C19H12O. The molecule has 0 heterocycles. The van der Waals surface area contributed by atoms with E-state index in [1.54, 1.807) is 0 Å². The summed E-state index contributed by atoms with van der Waals surface area (Å²) in [6.07, 6.45) is 0. The normalized spacial score (nSPS) is 12.1. The predicted octanol–water partition coefficient (Wildman–Crippen LogP) is 4.57. The molecule has 4 rings (SSSR count). The number of carbonyl (C=O) groups excluding carboxylic acids is 1. The molecule has 0 bridgehead atoms. The van der Waals surface area contributed by atoms with Crippen LogP contribution in [0.4, 0.5) is 0 Å². The molecule has 1 aliphatic carbocycles. The zero-order valence-electron chi connectivity index (χ0n) is 10.8.